The maximum atomic E-state index is 11.7. The molecule has 0 bridgehead atoms. The summed E-state index contributed by atoms with van der Waals surface area (Å²) < 4.78 is 0. The van der Waals surface area contributed by atoms with Gasteiger partial charge in [0.1, 0.15) is 0 Å². The van der Waals surface area contributed by atoms with E-state index < -0.39 is 11.0 Å². The van der Waals surface area contributed by atoms with Crippen molar-refractivity contribution in [3.8, 4) is 0 Å². The average Bonchev–Trinajstić information content (AvgIpc) is 2.56. The van der Waals surface area contributed by atoms with Gasteiger partial charge in [0.25, 0.3) is 11.6 Å². The van der Waals surface area contributed by atoms with E-state index in [-0.39, 0.29) is 18.3 Å². The first kappa shape index (κ1) is 15.9. The Morgan fingerprint density at radius 2 is 1.87 bits per heavy atom. The second-order valence-corrected chi connectivity index (χ2v) is 4.36. The summed E-state index contributed by atoms with van der Waals surface area (Å²) in [5, 5.41) is 17.9. The molecule has 0 saturated carbocycles. The van der Waals surface area contributed by atoms with E-state index in [9.17, 15) is 19.7 Å². The van der Waals surface area contributed by atoms with Crippen molar-refractivity contribution in [2.75, 3.05) is 12.0 Å². The van der Waals surface area contributed by atoms with Crippen LogP contribution in [0.1, 0.15) is 10.4 Å². The van der Waals surface area contributed by atoms with Crippen LogP contribution in [0.3, 0.4) is 0 Å². The number of amides is 3. The van der Waals surface area contributed by atoms with Crippen LogP contribution in [0, 0.1) is 10.1 Å². The molecule has 0 aliphatic carbocycles. The van der Waals surface area contributed by atoms with E-state index in [2.05, 4.69) is 20.9 Å². The number of hydrogen-bond acceptors (Lipinski definition) is 5. The summed E-state index contributed by atoms with van der Waals surface area (Å²) in [5.41, 5.74) is 0.705. The van der Waals surface area contributed by atoms with E-state index >= 15 is 0 Å². The molecule has 0 radical (unpaired) electrons. The third kappa shape index (κ3) is 4.77. The number of urea groups is 1. The van der Waals surface area contributed by atoms with E-state index in [1.165, 1.54) is 30.5 Å². The molecule has 0 unspecified atom stereocenters. The minimum absolute atomic E-state index is 0.0697. The maximum Gasteiger partial charge on any atom is 0.320 e. The zero-order valence-corrected chi connectivity index (χ0v) is 11.9. The van der Waals surface area contributed by atoms with Crippen LogP contribution >= 0.6 is 0 Å². The first-order valence-corrected chi connectivity index (χ1v) is 6.54. The zero-order valence-electron chi connectivity index (χ0n) is 11.9. The van der Waals surface area contributed by atoms with E-state index in [0.29, 0.717) is 11.3 Å². The van der Waals surface area contributed by atoms with Crippen LogP contribution in [0.25, 0.3) is 0 Å². The number of nitrogens with one attached hydrogen (secondary N) is 3. The van der Waals surface area contributed by atoms with Crippen LogP contribution in [0.2, 0.25) is 0 Å². The van der Waals surface area contributed by atoms with Crippen molar-refractivity contribution in [3.63, 3.8) is 0 Å². The number of aromatic nitrogens is 1. The molecule has 23 heavy (non-hydrogen) atoms. The smallest absolute Gasteiger partial charge is 0.320 e. The van der Waals surface area contributed by atoms with E-state index in [4.69, 9.17) is 0 Å². The van der Waals surface area contributed by atoms with Gasteiger partial charge in [-0.15, -0.1) is 0 Å². The molecule has 0 aliphatic heterocycles. The Labute approximate surface area is 130 Å². The highest BCUT2D eigenvalue weighted by Gasteiger charge is 2.07. The number of nitro benzene ring substituents is 1. The summed E-state index contributed by atoms with van der Waals surface area (Å²) in [6, 6.07) is 8.05. The lowest BCUT2D eigenvalue weighted by Crippen LogP contribution is -2.39. The number of anilines is 1. The van der Waals surface area contributed by atoms with Crippen molar-refractivity contribution in [1.82, 2.24) is 15.6 Å². The van der Waals surface area contributed by atoms with Gasteiger partial charge in [0, 0.05) is 30.2 Å². The number of carbonyl (C=O) groups excluding carboxylic acids is 2. The Hall–Kier alpha value is -3.49. The van der Waals surface area contributed by atoms with Crippen LogP contribution in [0.15, 0.2) is 48.8 Å². The normalized spacial score (nSPS) is 9.74. The molecule has 3 N–H and O–H groups in total. The van der Waals surface area contributed by atoms with Gasteiger partial charge in [-0.2, -0.15) is 0 Å². The van der Waals surface area contributed by atoms with E-state index in [1.54, 1.807) is 18.3 Å². The van der Waals surface area contributed by atoms with Gasteiger partial charge in [0.2, 0.25) is 0 Å². The molecule has 1 heterocycles. The van der Waals surface area contributed by atoms with Crippen molar-refractivity contribution >= 4 is 23.3 Å². The summed E-state index contributed by atoms with van der Waals surface area (Å²) in [4.78, 5) is 37.1. The minimum atomic E-state index is -0.551. The minimum Gasteiger partial charge on any atom is -0.335 e. The van der Waals surface area contributed by atoms with Crippen molar-refractivity contribution in [1.29, 1.82) is 0 Å². The van der Waals surface area contributed by atoms with E-state index in [0.717, 1.165) is 0 Å². The highest BCUT2D eigenvalue weighted by Crippen LogP contribution is 2.14. The van der Waals surface area contributed by atoms with Gasteiger partial charge in [0.15, 0.2) is 0 Å². The van der Waals surface area contributed by atoms with E-state index in [1.807, 2.05) is 0 Å². The standard InChI is InChI=1S/C14H13N5O4/c20-13(10-2-1-7-15-8-10)16-9-17-14(21)18-11-3-5-12(6-4-11)19(22)23/h1-8H,9H2,(H,16,20)(H2,17,18,21). The van der Waals surface area contributed by atoms with Crippen LogP contribution in [-0.2, 0) is 0 Å². The Kier molecular flexibility index (Phi) is 5.18. The Morgan fingerprint density at radius 1 is 1.13 bits per heavy atom. The summed E-state index contributed by atoms with van der Waals surface area (Å²) >= 11 is 0. The molecule has 0 atom stereocenters. The van der Waals surface area contributed by atoms with Crippen molar-refractivity contribution < 1.29 is 14.5 Å². The third-order valence-electron chi connectivity index (χ3n) is 2.76. The molecule has 9 nitrogen and oxygen atoms in total. The topological polar surface area (TPSA) is 126 Å². The highest BCUT2D eigenvalue weighted by atomic mass is 16.6. The van der Waals surface area contributed by atoms with Crippen LogP contribution < -0.4 is 16.0 Å². The molecular formula is C14H13N5O4. The number of nitro groups is 1. The summed E-state index contributed by atoms with van der Waals surface area (Å²) in [6.45, 7) is -0.0768. The lowest BCUT2D eigenvalue weighted by atomic mass is 10.3. The van der Waals surface area contributed by atoms with Crippen molar-refractivity contribution in [2.24, 2.45) is 0 Å². The molecule has 2 aromatic rings. The molecule has 0 aliphatic rings. The molecular weight excluding hydrogens is 302 g/mol. The lowest BCUT2D eigenvalue weighted by Gasteiger charge is -2.08. The first-order chi connectivity index (χ1) is 11.1. The van der Waals surface area contributed by atoms with Crippen molar-refractivity contribution in [3.05, 3.63) is 64.5 Å². The van der Waals surface area contributed by atoms with Gasteiger partial charge in [-0.05, 0) is 24.3 Å². The quantitative estimate of drug-likeness (QED) is 0.438. The number of carbonyl (C=O) groups is 2. The summed E-state index contributed by atoms with van der Waals surface area (Å²) in [7, 11) is 0. The predicted octanol–water partition coefficient (Wildman–Crippen LogP) is 1.50. The lowest BCUT2D eigenvalue weighted by molar-refractivity contribution is -0.384. The van der Waals surface area contributed by atoms with Crippen LogP contribution in [0.4, 0.5) is 16.2 Å². The maximum absolute atomic E-state index is 11.7. The highest BCUT2D eigenvalue weighted by molar-refractivity contribution is 5.94. The van der Waals surface area contributed by atoms with Crippen LogP contribution in [0.5, 0.6) is 0 Å². The van der Waals surface area contributed by atoms with Gasteiger partial charge in [-0.1, -0.05) is 0 Å². The number of hydrogen-bond donors (Lipinski definition) is 3. The average molecular weight is 315 g/mol. The van der Waals surface area contributed by atoms with Gasteiger partial charge >= 0.3 is 6.03 Å². The molecule has 1 aromatic carbocycles. The van der Waals surface area contributed by atoms with Crippen LogP contribution in [-0.4, -0.2) is 28.5 Å². The number of benzene rings is 1. The van der Waals surface area contributed by atoms with Gasteiger partial charge in [-0.25, -0.2) is 4.79 Å². The Bertz CT molecular complexity index is 703. The van der Waals surface area contributed by atoms with Gasteiger partial charge < -0.3 is 16.0 Å². The number of rotatable bonds is 5. The third-order valence-corrected chi connectivity index (χ3v) is 2.76. The monoisotopic (exact) mass is 315 g/mol. The molecule has 2 rings (SSSR count). The van der Waals surface area contributed by atoms with Gasteiger partial charge in [-0.3, -0.25) is 19.9 Å². The summed E-state index contributed by atoms with van der Waals surface area (Å²) in [6.07, 6.45) is 2.96. The molecule has 9 heteroatoms. The fourth-order valence-electron chi connectivity index (χ4n) is 1.65. The fourth-order valence-corrected chi connectivity index (χ4v) is 1.65. The van der Waals surface area contributed by atoms with Crippen molar-refractivity contribution in [2.45, 2.75) is 0 Å². The Balaban J connectivity index is 1.77. The second kappa shape index (κ2) is 7.50. The molecule has 3 amide bonds. The molecule has 118 valence electrons. The fraction of sp³-hybridized carbons (Fsp3) is 0.0714. The summed E-state index contributed by atoms with van der Waals surface area (Å²) in [5.74, 6) is -0.367. The second-order valence-electron chi connectivity index (χ2n) is 4.36. The predicted molar refractivity (Wildman–Crippen MR) is 81.8 cm³/mol. The molecule has 0 fully saturated rings. The number of nitrogens with zero attached hydrogens (tertiary/aromatic N) is 2. The Morgan fingerprint density at radius 3 is 2.48 bits per heavy atom. The molecule has 1 aromatic heterocycles. The number of non-ortho nitro benzene ring substituents is 1. The first-order valence-electron chi connectivity index (χ1n) is 6.54. The molecule has 0 spiro atoms. The van der Waals surface area contributed by atoms with Gasteiger partial charge in [0.05, 0.1) is 17.2 Å². The molecule has 0 saturated heterocycles. The number of pyridine rings is 1. The largest absolute Gasteiger partial charge is 0.335 e. The SMILES string of the molecule is O=C(NCNC(=O)c1cccnc1)Nc1ccc([N+](=O)[O-])cc1. The zero-order chi connectivity index (χ0) is 16.7.